The molecule has 0 aromatic heterocycles. The van der Waals surface area contributed by atoms with Crippen molar-refractivity contribution in [3.8, 4) is 0 Å². The predicted molar refractivity (Wildman–Crippen MR) is 77.9 cm³/mol. The molecule has 1 aromatic rings. The molecule has 1 atom stereocenters. The molecule has 1 aromatic carbocycles. The molecule has 0 aliphatic carbocycles. The van der Waals surface area contributed by atoms with Crippen molar-refractivity contribution in [1.29, 1.82) is 0 Å². The van der Waals surface area contributed by atoms with Crippen LogP contribution in [0.3, 0.4) is 0 Å². The van der Waals surface area contributed by atoms with Crippen LogP contribution in [-0.2, 0) is 11.0 Å². The van der Waals surface area contributed by atoms with E-state index in [1.165, 1.54) is 17.8 Å². The molecule has 0 radical (unpaired) electrons. The van der Waals surface area contributed by atoms with Gasteiger partial charge >= 0.3 is 6.18 Å². The second-order valence-electron chi connectivity index (χ2n) is 5.04. The number of nitrogens with zero attached hydrogens (tertiary/aromatic N) is 1. The second-order valence-corrected chi connectivity index (χ2v) is 6.23. The minimum Gasteiger partial charge on any atom is -0.326 e. The average molecular weight is 317 g/mol. The van der Waals surface area contributed by atoms with Gasteiger partial charge in [-0.2, -0.15) is 13.2 Å². The van der Waals surface area contributed by atoms with E-state index in [0.717, 1.165) is 30.7 Å². The van der Waals surface area contributed by atoms with Crippen molar-refractivity contribution in [2.24, 2.45) is 0 Å². The van der Waals surface area contributed by atoms with Crippen molar-refractivity contribution in [3.63, 3.8) is 0 Å². The van der Waals surface area contributed by atoms with Gasteiger partial charge in [-0.15, -0.1) is 11.8 Å². The van der Waals surface area contributed by atoms with Crippen molar-refractivity contribution in [3.05, 3.63) is 35.4 Å². The molecule has 6 heteroatoms. The van der Waals surface area contributed by atoms with Gasteiger partial charge in [0.05, 0.1) is 5.56 Å². The first-order valence-electron chi connectivity index (χ1n) is 7.01. The average Bonchev–Trinajstić information content (AvgIpc) is 2.93. The zero-order chi connectivity index (χ0) is 15.5. The lowest BCUT2D eigenvalue weighted by molar-refractivity contribution is -0.137. The summed E-state index contributed by atoms with van der Waals surface area (Å²) in [6.45, 7) is 2.62. The summed E-state index contributed by atoms with van der Waals surface area (Å²) in [6.07, 6.45) is -2.14. The molecule has 1 saturated heterocycles. The molecule has 116 valence electrons. The Morgan fingerprint density at radius 1 is 1.43 bits per heavy atom. The third-order valence-electron chi connectivity index (χ3n) is 3.45. The minimum atomic E-state index is -4.35. The largest absolute Gasteiger partial charge is 0.416 e. The van der Waals surface area contributed by atoms with Crippen LogP contribution >= 0.6 is 11.8 Å². The van der Waals surface area contributed by atoms with Crippen molar-refractivity contribution in [2.45, 2.75) is 37.7 Å². The minimum absolute atomic E-state index is 0.0317. The van der Waals surface area contributed by atoms with Gasteiger partial charge in [0.2, 0.25) is 5.91 Å². The topological polar surface area (TPSA) is 20.3 Å². The van der Waals surface area contributed by atoms with Crippen LogP contribution in [0, 0.1) is 0 Å². The molecule has 21 heavy (non-hydrogen) atoms. The number of amides is 1. The van der Waals surface area contributed by atoms with Crippen molar-refractivity contribution in [2.75, 3.05) is 12.3 Å². The summed E-state index contributed by atoms with van der Waals surface area (Å²) in [5, 5.41) is -0.295. The molecule has 0 spiro atoms. The lowest BCUT2D eigenvalue weighted by Crippen LogP contribution is -2.30. The Bertz CT molecular complexity index is 504. The van der Waals surface area contributed by atoms with Gasteiger partial charge in [0.1, 0.15) is 5.37 Å². The highest BCUT2D eigenvalue weighted by Crippen LogP contribution is 2.40. The Kier molecular flexibility index (Phi) is 5.19. The summed E-state index contributed by atoms with van der Waals surface area (Å²) in [4.78, 5) is 13.9. The summed E-state index contributed by atoms with van der Waals surface area (Å²) < 4.78 is 38.4. The second kappa shape index (κ2) is 6.73. The standard InChI is InChI=1S/C15H18F3NOS/c1-2-3-7-13(20)19-8-9-21-14(19)11-5-4-6-12(10-11)15(16,17)18/h4-6,10,14H,2-3,7-9H2,1H3/t14-/m0/s1. The number of rotatable bonds is 4. The van der Waals surface area contributed by atoms with Crippen LogP contribution in [0.15, 0.2) is 24.3 Å². The molecule has 0 N–H and O–H groups in total. The number of hydrogen-bond acceptors (Lipinski definition) is 2. The highest BCUT2D eigenvalue weighted by molar-refractivity contribution is 7.99. The monoisotopic (exact) mass is 317 g/mol. The van der Waals surface area contributed by atoms with Gasteiger partial charge < -0.3 is 4.90 Å². The maximum absolute atomic E-state index is 12.8. The van der Waals surface area contributed by atoms with Crippen LogP contribution in [0.2, 0.25) is 0 Å². The summed E-state index contributed by atoms with van der Waals surface area (Å²) in [5.41, 5.74) is -0.106. The molecule has 2 rings (SSSR count). The van der Waals surface area contributed by atoms with E-state index in [2.05, 4.69) is 0 Å². The number of alkyl halides is 3. The fraction of sp³-hybridized carbons (Fsp3) is 0.533. The number of halogens is 3. The molecule has 0 saturated carbocycles. The lowest BCUT2D eigenvalue weighted by atomic mass is 10.1. The number of benzene rings is 1. The van der Waals surface area contributed by atoms with Crippen LogP contribution < -0.4 is 0 Å². The third kappa shape index (κ3) is 3.93. The van der Waals surface area contributed by atoms with E-state index in [9.17, 15) is 18.0 Å². The molecule has 0 bridgehead atoms. The zero-order valence-corrected chi connectivity index (χ0v) is 12.6. The molecule has 1 fully saturated rings. The van der Waals surface area contributed by atoms with Gasteiger partial charge in [0.15, 0.2) is 0 Å². The van der Waals surface area contributed by atoms with Crippen LogP contribution in [0.1, 0.15) is 42.7 Å². The SMILES string of the molecule is CCCCC(=O)N1CCS[C@H]1c1cccc(C(F)(F)F)c1. The Balaban J connectivity index is 2.18. The van der Waals surface area contributed by atoms with Gasteiger partial charge in [-0.05, 0) is 24.1 Å². The molecule has 0 unspecified atom stereocenters. The Morgan fingerprint density at radius 3 is 2.86 bits per heavy atom. The first kappa shape index (κ1) is 16.2. The molecule has 1 heterocycles. The quantitative estimate of drug-likeness (QED) is 0.816. The number of hydrogen-bond donors (Lipinski definition) is 0. The normalized spacial score (nSPS) is 19.0. The first-order valence-corrected chi connectivity index (χ1v) is 8.06. The smallest absolute Gasteiger partial charge is 0.326 e. The first-order chi connectivity index (χ1) is 9.93. The predicted octanol–water partition coefficient (Wildman–Crippen LogP) is 4.47. The van der Waals surface area contributed by atoms with Crippen molar-refractivity contribution >= 4 is 17.7 Å². The number of carbonyl (C=O) groups is 1. The van der Waals surface area contributed by atoms with E-state index in [1.807, 2.05) is 6.92 Å². The van der Waals surface area contributed by atoms with E-state index in [4.69, 9.17) is 0 Å². The number of thioether (sulfide) groups is 1. The molecular formula is C15H18F3NOS. The maximum Gasteiger partial charge on any atom is 0.416 e. The van der Waals surface area contributed by atoms with E-state index >= 15 is 0 Å². The Morgan fingerprint density at radius 2 is 2.19 bits per heavy atom. The molecule has 1 aliphatic heterocycles. The van der Waals surface area contributed by atoms with Gasteiger partial charge in [0, 0.05) is 18.7 Å². The molecule has 2 nitrogen and oxygen atoms in total. The molecule has 1 amide bonds. The molecule has 1 aliphatic rings. The van der Waals surface area contributed by atoms with E-state index in [0.29, 0.717) is 18.5 Å². The lowest BCUT2D eigenvalue weighted by Gasteiger charge is -2.24. The van der Waals surface area contributed by atoms with E-state index in [-0.39, 0.29) is 11.3 Å². The van der Waals surface area contributed by atoms with Gasteiger partial charge in [0.25, 0.3) is 0 Å². The van der Waals surface area contributed by atoms with Crippen LogP contribution in [0.4, 0.5) is 13.2 Å². The van der Waals surface area contributed by atoms with Gasteiger partial charge in [-0.3, -0.25) is 4.79 Å². The fourth-order valence-electron chi connectivity index (χ4n) is 2.34. The summed E-state index contributed by atoms with van der Waals surface area (Å²) in [6, 6.07) is 5.29. The molecular weight excluding hydrogens is 299 g/mol. The third-order valence-corrected chi connectivity index (χ3v) is 4.72. The summed E-state index contributed by atoms with van der Waals surface area (Å²) >= 11 is 1.52. The van der Waals surface area contributed by atoms with Crippen LogP contribution in [0.5, 0.6) is 0 Å². The summed E-state index contributed by atoms with van der Waals surface area (Å²) in [5.74, 6) is 0.794. The van der Waals surface area contributed by atoms with Crippen molar-refractivity contribution in [1.82, 2.24) is 4.90 Å². The summed E-state index contributed by atoms with van der Waals surface area (Å²) in [7, 11) is 0. The number of carbonyl (C=O) groups excluding carboxylic acids is 1. The van der Waals surface area contributed by atoms with E-state index < -0.39 is 11.7 Å². The number of unbranched alkanes of at least 4 members (excludes halogenated alkanes) is 1. The highest BCUT2D eigenvalue weighted by atomic mass is 32.2. The van der Waals surface area contributed by atoms with Crippen molar-refractivity contribution < 1.29 is 18.0 Å². The van der Waals surface area contributed by atoms with Crippen LogP contribution in [-0.4, -0.2) is 23.1 Å². The van der Waals surface area contributed by atoms with Gasteiger partial charge in [-0.1, -0.05) is 25.5 Å². The van der Waals surface area contributed by atoms with E-state index in [1.54, 1.807) is 11.0 Å². The Hall–Kier alpha value is -1.17. The highest BCUT2D eigenvalue weighted by Gasteiger charge is 2.34. The zero-order valence-electron chi connectivity index (χ0n) is 11.8. The Labute approximate surface area is 126 Å². The fourth-order valence-corrected chi connectivity index (χ4v) is 3.61. The van der Waals surface area contributed by atoms with Crippen LogP contribution in [0.25, 0.3) is 0 Å². The maximum atomic E-state index is 12.8. The van der Waals surface area contributed by atoms with Gasteiger partial charge in [-0.25, -0.2) is 0 Å².